The molecule has 2 rings (SSSR count). The molecule has 0 radical (unpaired) electrons. The molecule has 0 spiro atoms. The van der Waals surface area contributed by atoms with Gasteiger partial charge in [0.2, 0.25) is 0 Å². The van der Waals surface area contributed by atoms with Crippen molar-refractivity contribution in [2.75, 3.05) is 5.75 Å². The van der Waals surface area contributed by atoms with Crippen LogP contribution in [-0.4, -0.2) is 21.7 Å². The van der Waals surface area contributed by atoms with Crippen LogP contribution < -0.4 is 0 Å². The van der Waals surface area contributed by atoms with E-state index in [0.717, 1.165) is 6.07 Å². The van der Waals surface area contributed by atoms with Gasteiger partial charge in [-0.15, -0.1) is 0 Å². The summed E-state index contributed by atoms with van der Waals surface area (Å²) in [7, 11) is 0. The third kappa shape index (κ3) is 2.55. The summed E-state index contributed by atoms with van der Waals surface area (Å²) in [4.78, 5) is 0. The van der Waals surface area contributed by atoms with Gasteiger partial charge in [-0.25, -0.2) is 8.78 Å². The van der Waals surface area contributed by atoms with Gasteiger partial charge in [-0.2, -0.15) is 11.8 Å². The van der Waals surface area contributed by atoms with Crippen molar-refractivity contribution in [3.05, 3.63) is 35.4 Å². The molecule has 1 aromatic carbocycles. The van der Waals surface area contributed by atoms with E-state index >= 15 is 0 Å². The number of halogens is 2. The molecular formula is C12H14F2OS. The first-order valence-corrected chi connectivity index (χ1v) is 6.31. The summed E-state index contributed by atoms with van der Waals surface area (Å²) in [5.74, 6) is -0.536. The molecule has 2 unspecified atom stereocenters. The predicted octanol–water partition coefficient (Wildman–Crippen LogP) is 2.76. The fraction of sp³-hybridized carbons (Fsp3) is 0.500. The number of aliphatic hydroxyl groups is 1. The molecular weight excluding hydrogens is 230 g/mol. The number of thioether (sulfide) groups is 1. The van der Waals surface area contributed by atoms with Crippen LogP contribution >= 0.6 is 11.8 Å². The summed E-state index contributed by atoms with van der Waals surface area (Å²) in [6, 6.07) is 3.51. The number of hydrogen-bond donors (Lipinski definition) is 1. The van der Waals surface area contributed by atoms with Crippen molar-refractivity contribution >= 4 is 11.8 Å². The molecule has 4 heteroatoms. The van der Waals surface area contributed by atoms with Crippen LogP contribution in [0.4, 0.5) is 8.78 Å². The summed E-state index contributed by atoms with van der Waals surface area (Å²) < 4.78 is 26.1. The van der Waals surface area contributed by atoms with Crippen molar-refractivity contribution in [2.45, 2.75) is 30.6 Å². The summed E-state index contributed by atoms with van der Waals surface area (Å²) in [6.45, 7) is 2.05. The minimum absolute atomic E-state index is 0.260. The predicted molar refractivity (Wildman–Crippen MR) is 61.5 cm³/mol. The molecule has 1 aliphatic rings. The zero-order chi connectivity index (χ0) is 11.8. The Balaban J connectivity index is 2.14. The number of benzene rings is 1. The van der Waals surface area contributed by atoms with E-state index in [1.807, 2.05) is 6.92 Å². The highest BCUT2D eigenvalue weighted by Crippen LogP contribution is 2.36. The van der Waals surface area contributed by atoms with Crippen molar-refractivity contribution in [3.63, 3.8) is 0 Å². The van der Waals surface area contributed by atoms with Crippen molar-refractivity contribution in [1.82, 2.24) is 0 Å². The first-order chi connectivity index (χ1) is 7.48. The van der Waals surface area contributed by atoms with Crippen LogP contribution in [0.1, 0.15) is 18.9 Å². The molecule has 1 saturated heterocycles. The second kappa shape index (κ2) is 4.34. The van der Waals surface area contributed by atoms with E-state index < -0.39 is 17.2 Å². The summed E-state index contributed by atoms with van der Waals surface area (Å²) in [5, 5.41) is 10.6. The Hall–Kier alpha value is -0.610. The molecule has 1 aromatic rings. The Morgan fingerprint density at radius 1 is 1.50 bits per heavy atom. The molecule has 0 aliphatic carbocycles. The fourth-order valence-electron chi connectivity index (χ4n) is 2.09. The van der Waals surface area contributed by atoms with Crippen molar-refractivity contribution in [1.29, 1.82) is 0 Å². The molecule has 1 N–H and O–H groups in total. The lowest BCUT2D eigenvalue weighted by molar-refractivity contribution is 0.0633. The minimum Gasteiger partial charge on any atom is -0.389 e. The SMILES string of the molecule is CC1CC(O)(Cc2ccc(F)cc2F)CS1. The molecule has 1 nitrogen and oxygen atoms in total. The van der Waals surface area contributed by atoms with Crippen LogP contribution in [-0.2, 0) is 6.42 Å². The lowest BCUT2D eigenvalue weighted by Crippen LogP contribution is -2.31. The maximum atomic E-state index is 13.4. The highest BCUT2D eigenvalue weighted by atomic mass is 32.2. The highest BCUT2D eigenvalue weighted by Gasteiger charge is 2.36. The van der Waals surface area contributed by atoms with Crippen molar-refractivity contribution < 1.29 is 13.9 Å². The van der Waals surface area contributed by atoms with Crippen LogP contribution in [0.15, 0.2) is 18.2 Å². The lowest BCUT2D eigenvalue weighted by Gasteiger charge is -2.21. The number of rotatable bonds is 2. The average Bonchev–Trinajstić information content (AvgIpc) is 2.52. The van der Waals surface area contributed by atoms with Crippen molar-refractivity contribution in [2.24, 2.45) is 0 Å². The third-order valence-electron chi connectivity index (χ3n) is 2.84. The molecule has 0 saturated carbocycles. The van der Waals surface area contributed by atoms with Gasteiger partial charge < -0.3 is 5.11 Å². The van der Waals surface area contributed by atoms with Crippen LogP contribution in [0.25, 0.3) is 0 Å². The minimum atomic E-state index is -0.844. The van der Waals surface area contributed by atoms with Crippen LogP contribution in [0.5, 0.6) is 0 Å². The fourth-order valence-corrected chi connectivity index (χ4v) is 3.34. The zero-order valence-electron chi connectivity index (χ0n) is 9.04. The Kier molecular flexibility index (Phi) is 3.22. The van der Waals surface area contributed by atoms with Gasteiger partial charge in [0.25, 0.3) is 0 Å². The highest BCUT2D eigenvalue weighted by molar-refractivity contribution is 8.00. The molecule has 0 bridgehead atoms. The molecule has 1 fully saturated rings. The summed E-state index contributed by atoms with van der Waals surface area (Å²) in [5.41, 5.74) is -0.457. The molecule has 88 valence electrons. The van der Waals surface area contributed by atoms with Gasteiger partial charge in [0.05, 0.1) is 5.60 Å². The summed E-state index contributed by atoms with van der Waals surface area (Å²) >= 11 is 1.69. The summed E-state index contributed by atoms with van der Waals surface area (Å²) in [6.07, 6.45) is 0.922. The van der Waals surface area contributed by atoms with Crippen LogP contribution in [0.2, 0.25) is 0 Å². The smallest absolute Gasteiger partial charge is 0.129 e. The van der Waals surface area contributed by atoms with Gasteiger partial charge in [-0.05, 0) is 18.1 Å². The zero-order valence-corrected chi connectivity index (χ0v) is 9.86. The van der Waals surface area contributed by atoms with Gasteiger partial charge in [0, 0.05) is 23.5 Å². The molecule has 1 aliphatic heterocycles. The van der Waals surface area contributed by atoms with Crippen LogP contribution in [0.3, 0.4) is 0 Å². The van der Waals surface area contributed by atoms with Crippen molar-refractivity contribution in [3.8, 4) is 0 Å². The maximum absolute atomic E-state index is 13.4. The van der Waals surface area contributed by atoms with E-state index in [4.69, 9.17) is 0 Å². The second-order valence-electron chi connectivity index (χ2n) is 4.46. The first kappa shape index (κ1) is 11.9. The quantitative estimate of drug-likeness (QED) is 0.863. The van der Waals surface area contributed by atoms with E-state index in [2.05, 4.69) is 0 Å². The van der Waals surface area contributed by atoms with Gasteiger partial charge in [0.15, 0.2) is 0 Å². The molecule has 0 amide bonds. The Labute approximate surface area is 97.9 Å². The molecule has 0 aromatic heterocycles. The lowest BCUT2D eigenvalue weighted by atomic mass is 9.92. The van der Waals surface area contributed by atoms with E-state index in [9.17, 15) is 13.9 Å². The normalized spacial score (nSPS) is 29.6. The van der Waals surface area contributed by atoms with E-state index in [-0.39, 0.29) is 6.42 Å². The van der Waals surface area contributed by atoms with E-state index in [1.54, 1.807) is 11.8 Å². The average molecular weight is 244 g/mol. The molecule has 1 heterocycles. The van der Waals surface area contributed by atoms with Gasteiger partial charge >= 0.3 is 0 Å². The largest absolute Gasteiger partial charge is 0.389 e. The molecule has 16 heavy (non-hydrogen) atoms. The molecule has 2 atom stereocenters. The van der Waals surface area contributed by atoms with Gasteiger partial charge in [-0.1, -0.05) is 13.0 Å². The Morgan fingerprint density at radius 3 is 2.81 bits per heavy atom. The van der Waals surface area contributed by atoms with E-state index in [1.165, 1.54) is 12.1 Å². The van der Waals surface area contributed by atoms with Gasteiger partial charge in [0.1, 0.15) is 11.6 Å². The monoisotopic (exact) mass is 244 g/mol. The maximum Gasteiger partial charge on any atom is 0.129 e. The Bertz CT molecular complexity index is 397. The second-order valence-corrected chi connectivity index (χ2v) is 5.89. The number of hydrogen-bond acceptors (Lipinski definition) is 2. The van der Waals surface area contributed by atoms with Gasteiger partial charge in [-0.3, -0.25) is 0 Å². The topological polar surface area (TPSA) is 20.2 Å². The first-order valence-electron chi connectivity index (χ1n) is 5.26. The third-order valence-corrected chi connectivity index (χ3v) is 4.28. The standard InChI is InChI=1S/C12H14F2OS/c1-8-5-12(15,7-16-8)6-9-2-3-10(13)4-11(9)14/h2-4,8,15H,5-7H2,1H3. The van der Waals surface area contributed by atoms with Crippen LogP contribution in [0, 0.1) is 11.6 Å². The van der Waals surface area contributed by atoms with E-state index in [0.29, 0.717) is 23.0 Å². The Morgan fingerprint density at radius 2 is 2.25 bits per heavy atom.